The molecule has 2 N–H and O–H groups in total. The van der Waals surface area contributed by atoms with E-state index >= 15 is 0 Å². The maximum atomic E-state index is 11.8. The molecule has 0 aromatic heterocycles. The third-order valence-electron chi connectivity index (χ3n) is 2.87. The zero-order valence-electron chi connectivity index (χ0n) is 9.36. The molecule has 1 amide bonds. The van der Waals surface area contributed by atoms with Crippen molar-refractivity contribution in [3.05, 3.63) is 0 Å². The summed E-state index contributed by atoms with van der Waals surface area (Å²) < 4.78 is 0. The molecule has 14 heavy (non-hydrogen) atoms. The summed E-state index contributed by atoms with van der Waals surface area (Å²) in [5.74, 6) is 0.105. The number of carbonyl (C=O) groups excluding carboxylic acids is 1. The van der Waals surface area contributed by atoms with Crippen molar-refractivity contribution in [3.8, 4) is 0 Å². The van der Waals surface area contributed by atoms with Gasteiger partial charge in [-0.3, -0.25) is 4.79 Å². The Morgan fingerprint density at radius 1 is 1.57 bits per heavy atom. The van der Waals surface area contributed by atoms with Gasteiger partial charge in [-0.1, -0.05) is 6.92 Å². The Balaban J connectivity index is 2.55. The van der Waals surface area contributed by atoms with Crippen molar-refractivity contribution < 1.29 is 4.79 Å². The smallest absolute Gasteiger partial charge is 0.239 e. The fourth-order valence-electron chi connectivity index (χ4n) is 1.85. The molecule has 0 saturated carbocycles. The lowest BCUT2D eigenvalue weighted by Crippen LogP contribution is -2.56. The van der Waals surface area contributed by atoms with E-state index in [4.69, 9.17) is 5.73 Å². The van der Waals surface area contributed by atoms with Gasteiger partial charge in [0, 0.05) is 25.7 Å². The predicted octanol–water partition coefficient (Wildman–Crippen LogP) is -0.114. The van der Waals surface area contributed by atoms with Gasteiger partial charge in [-0.2, -0.15) is 0 Å². The van der Waals surface area contributed by atoms with Gasteiger partial charge in [0.2, 0.25) is 5.91 Å². The lowest BCUT2D eigenvalue weighted by molar-refractivity contribution is -0.136. The molecule has 0 spiro atoms. The van der Waals surface area contributed by atoms with Crippen molar-refractivity contribution in [1.29, 1.82) is 0 Å². The fraction of sp³-hybridized carbons (Fsp3) is 0.900. The first-order chi connectivity index (χ1) is 6.56. The van der Waals surface area contributed by atoms with Gasteiger partial charge in [0.15, 0.2) is 0 Å². The molecule has 1 aliphatic rings. The number of rotatable bonds is 2. The second kappa shape index (κ2) is 4.75. The molecule has 82 valence electrons. The number of hydrogen-bond acceptors (Lipinski definition) is 3. The van der Waals surface area contributed by atoms with Crippen molar-refractivity contribution in [2.75, 3.05) is 26.7 Å². The molecule has 0 aromatic carbocycles. The summed E-state index contributed by atoms with van der Waals surface area (Å²) in [5, 5.41) is 0. The normalized spacial score (nSPS) is 26.3. The SMILES string of the molecule is CC[C@@H](N)C(=O)N1CCN(C)CC1C. The van der Waals surface area contributed by atoms with Gasteiger partial charge >= 0.3 is 0 Å². The van der Waals surface area contributed by atoms with Crippen molar-refractivity contribution in [2.45, 2.75) is 32.4 Å². The number of amides is 1. The first-order valence-corrected chi connectivity index (χ1v) is 5.30. The third kappa shape index (κ3) is 2.45. The Morgan fingerprint density at radius 2 is 2.21 bits per heavy atom. The third-order valence-corrected chi connectivity index (χ3v) is 2.87. The van der Waals surface area contributed by atoms with Crippen LogP contribution in [-0.2, 0) is 4.79 Å². The van der Waals surface area contributed by atoms with E-state index in [0.29, 0.717) is 6.04 Å². The molecule has 4 heteroatoms. The van der Waals surface area contributed by atoms with Crippen LogP contribution in [0.15, 0.2) is 0 Å². The highest BCUT2D eigenvalue weighted by Crippen LogP contribution is 2.09. The molecular weight excluding hydrogens is 178 g/mol. The standard InChI is InChI=1S/C10H21N3O/c1-4-9(11)10(14)13-6-5-12(3)7-8(13)2/h8-9H,4-7,11H2,1-3H3/t8?,9-/m1/s1. The summed E-state index contributed by atoms with van der Waals surface area (Å²) in [6.07, 6.45) is 0.720. The van der Waals surface area contributed by atoms with Crippen LogP contribution >= 0.6 is 0 Å². The Hall–Kier alpha value is -0.610. The van der Waals surface area contributed by atoms with Crippen LogP contribution in [0.5, 0.6) is 0 Å². The average molecular weight is 199 g/mol. The fourth-order valence-corrected chi connectivity index (χ4v) is 1.85. The Morgan fingerprint density at radius 3 is 2.71 bits per heavy atom. The number of hydrogen-bond donors (Lipinski definition) is 1. The molecule has 0 bridgehead atoms. The minimum absolute atomic E-state index is 0.105. The van der Waals surface area contributed by atoms with Crippen LogP contribution in [0.2, 0.25) is 0 Å². The minimum Gasteiger partial charge on any atom is -0.336 e. The summed E-state index contributed by atoms with van der Waals surface area (Å²) in [5.41, 5.74) is 5.74. The van der Waals surface area contributed by atoms with Crippen LogP contribution in [0.4, 0.5) is 0 Å². The molecule has 1 rings (SSSR count). The van der Waals surface area contributed by atoms with E-state index in [1.54, 1.807) is 0 Å². The zero-order valence-corrected chi connectivity index (χ0v) is 9.36. The molecule has 4 nitrogen and oxygen atoms in total. The molecule has 1 unspecified atom stereocenters. The largest absolute Gasteiger partial charge is 0.336 e. The number of carbonyl (C=O) groups is 1. The molecule has 1 fully saturated rings. The quantitative estimate of drug-likeness (QED) is 0.675. The Bertz CT molecular complexity index is 208. The molecule has 1 aliphatic heterocycles. The molecular formula is C10H21N3O. The topological polar surface area (TPSA) is 49.6 Å². The Kier molecular flexibility index (Phi) is 3.89. The van der Waals surface area contributed by atoms with Gasteiger partial charge in [0.25, 0.3) is 0 Å². The maximum Gasteiger partial charge on any atom is 0.239 e. The van der Waals surface area contributed by atoms with Crippen LogP contribution in [0.3, 0.4) is 0 Å². The van der Waals surface area contributed by atoms with E-state index in [2.05, 4.69) is 18.9 Å². The minimum atomic E-state index is -0.319. The van der Waals surface area contributed by atoms with Gasteiger partial charge in [-0.05, 0) is 20.4 Å². The van der Waals surface area contributed by atoms with Gasteiger partial charge in [-0.25, -0.2) is 0 Å². The van der Waals surface area contributed by atoms with Crippen LogP contribution < -0.4 is 5.73 Å². The van der Waals surface area contributed by atoms with Crippen LogP contribution in [0.25, 0.3) is 0 Å². The van der Waals surface area contributed by atoms with E-state index in [1.807, 2.05) is 11.8 Å². The summed E-state index contributed by atoms with van der Waals surface area (Å²) in [6, 6.07) is -0.0280. The van der Waals surface area contributed by atoms with Gasteiger partial charge in [0.1, 0.15) is 0 Å². The van der Waals surface area contributed by atoms with Crippen LogP contribution in [-0.4, -0.2) is 54.5 Å². The second-order valence-corrected chi connectivity index (χ2v) is 4.16. The summed E-state index contributed by atoms with van der Waals surface area (Å²) >= 11 is 0. The zero-order chi connectivity index (χ0) is 10.7. The lowest BCUT2D eigenvalue weighted by Gasteiger charge is -2.39. The van der Waals surface area contributed by atoms with E-state index < -0.39 is 0 Å². The number of nitrogens with zero attached hydrogens (tertiary/aromatic N) is 2. The van der Waals surface area contributed by atoms with E-state index in [1.165, 1.54) is 0 Å². The maximum absolute atomic E-state index is 11.8. The van der Waals surface area contributed by atoms with Gasteiger partial charge < -0.3 is 15.5 Å². The summed E-state index contributed by atoms with van der Waals surface area (Å²) in [6.45, 7) is 6.73. The van der Waals surface area contributed by atoms with Crippen LogP contribution in [0, 0.1) is 0 Å². The number of likely N-dealkylation sites (N-methyl/N-ethyl adjacent to an activating group) is 1. The van der Waals surface area contributed by atoms with Crippen molar-refractivity contribution in [2.24, 2.45) is 5.73 Å². The molecule has 0 aliphatic carbocycles. The highest BCUT2D eigenvalue weighted by atomic mass is 16.2. The van der Waals surface area contributed by atoms with Crippen molar-refractivity contribution in [1.82, 2.24) is 9.80 Å². The summed E-state index contributed by atoms with van der Waals surface area (Å²) in [4.78, 5) is 16.0. The van der Waals surface area contributed by atoms with Gasteiger partial charge in [0.05, 0.1) is 6.04 Å². The molecule has 2 atom stereocenters. The van der Waals surface area contributed by atoms with E-state index in [-0.39, 0.29) is 11.9 Å². The molecule has 0 aromatic rings. The predicted molar refractivity (Wildman–Crippen MR) is 56.9 cm³/mol. The van der Waals surface area contributed by atoms with E-state index in [9.17, 15) is 4.79 Å². The monoisotopic (exact) mass is 199 g/mol. The first kappa shape index (κ1) is 11.5. The first-order valence-electron chi connectivity index (χ1n) is 5.30. The van der Waals surface area contributed by atoms with Gasteiger partial charge in [-0.15, -0.1) is 0 Å². The Labute approximate surface area is 86.0 Å². The van der Waals surface area contributed by atoms with E-state index in [0.717, 1.165) is 26.1 Å². The summed E-state index contributed by atoms with van der Waals surface area (Å²) in [7, 11) is 2.08. The average Bonchev–Trinajstić information content (AvgIpc) is 2.15. The van der Waals surface area contributed by atoms with Crippen LogP contribution in [0.1, 0.15) is 20.3 Å². The lowest BCUT2D eigenvalue weighted by atomic mass is 10.1. The van der Waals surface area contributed by atoms with Crippen molar-refractivity contribution in [3.63, 3.8) is 0 Å². The number of piperazine rings is 1. The molecule has 1 saturated heterocycles. The van der Waals surface area contributed by atoms with Crippen molar-refractivity contribution >= 4 is 5.91 Å². The molecule has 1 heterocycles. The molecule has 0 radical (unpaired) electrons. The number of nitrogens with two attached hydrogens (primary N) is 1. The highest BCUT2D eigenvalue weighted by Gasteiger charge is 2.28. The highest BCUT2D eigenvalue weighted by molar-refractivity contribution is 5.82. The second-order valence-electron chi connectivity index (χ2n) is 4.16.